The van der Waals surface area contributed by atoms with Crippen molar-refractivity contribution >= 4 is 11.9 Å². The SMILES string of the molecule is CCCCCCCOC(=O)C(C)CC(CC)(CCCCC)C(=O)OCCCCCC. The fraction of sp³-hybridized carbons (Fsp3) is 0.923. The standard InChI is InChI=1S/C26H50O4/c1-6-10-13-15-18-20-29-24(27)23(5)22-26(9-4,19-16-12-8-3)25(28)30-21-17-14-11-7-2/h23H,6-22H2,1-5H3. The molecule has 178 valence electrons. The first-order valence-electron chi connectivity index (χ1n) is 12.8. The molecule has 4 nitrogen and oxygen atoms in total. The molecule has 4 heteroatoms. The molecule has 0 spiro atoms. The van der Waals surface area contributed by atoms with E-state index in [1.165, 1.54) is 32.1 Å². The molecule has 0 bridgehead atoms. The van der Waals surface area contributed by atoms with Gasteiger partial charge in [-0.05, 0) is 32.1 Å². The Morgan fingerprint density at radius 3 is 1.77 bits per heavy atom. The van der Waals surface area contributed by atoms with Crippen molar-refractivity contribution < 1.29 is 19.1 Å². The Hall–Kier alpha value is -1.06. The van der Waals surface area contributed by atoms with E-state index in [9.17, 15) is 9.59 Å². The highest BCUT2D eigenvalue weighted by Gasteiger charge is 2.40. The average molecular weight is 427 g/mol. The lowest BCUT2D eigenvalue weighted by atomic mass is 9.73. The molecule has 0 aromatic carbocycles. The Morgan fingerprint density at radius 2 is 1.20 bits per heavy atom. The van der Waals surface area contributed by atoms with Gasteiger partial charge in [-0.1, -0.05) is 98.8 Å². The van der Waals surface area contributed by atoms with Crippen LogP contribution in [0.15, 0.2) is 0 Å². The zero-order valence-electron chi connectivity index (χ0n) is 20.7. The van der Waals surface area contributed by atoms with Crippen LogP contribution in [0.1, 0.15) is 131 Å². The third kappa shape index (κ3) is 12.6. The summed E-state index contributed by atoms with van der Waals surface area (Å²) in [5, 5.41) is 0. The summed E-state index contributed by atoms with van der Waals surface area (Å²) < 4.78 is 11.2. The monoisotopic (exact) mass is 426 g/mol. The van der Waals surface area contributed by atoms with Gasteiger partial charge in [0.15, 0.2) is 0 Å². The summed E-state index contributed by atoms with van der Waals surface area (Å²) in [4.78, 5) is 25.6. The Balaban J connectivity index is 4.75. The fourth-order valence-electron chi connectivity index (χ4n) is 4.00. The van der Waals surface area contributed by atoms with E-state index in [0.717, 1.165) is 51.4 Å². The minimum absolute atomic E-state index is 0.114. The van der Waals surface area contributed by atoms with Gasteiger partial charge in [-0.15, -0.1) is 0 Å². The number of unbranched alkanes of at least 4 members (excludes halogenated alkanes) is 9. The van der Waals surface area contributed by atoms with Gasteiger partial charge in [-0.3, -0.25) is 9.59 Å². The number of ether oxygens (including phenoxy) is 2. The summed E-state index contributed by atoms with van der Waals surface area (Å²) in [6.45, 7) is 11.5. The Kier molecular flexibility index (Phi) is 18.0. The molecule has 0 amide bonds. The molecule has 0 aliphatic rings. The van der Waals surface area contributed by atoms with E-state index in [-0.39, 0.29) is 17.9 Å². The van der Waals surface area contributed by atoms with Gasteiger partial charge in [-0.25, -0.2) is 0 Å². The van der Waals surface area contributed by atoms with Crippen LogP contribution in [-0.2, 0) is 19.1 Å². The van der Waals surface area contributed by atoms with Gasteiger partial charge in [0.05, 0.1) is 24.5 Å². The Bertz CT molecular complexity index is 435. The third-order valence-electron chi connectivity index (χ3n) is 6.19. The summed E-state index contributed by atoms with van der Waals surface area (Å²) >= 11 is 0. The molecule has 2 unspecified atom stereocenters. The molecule has 0 aliphatic heterocycles. The molecular weight excluding hydrogens is 376 g/mol. The second kappa shape index (κ2) is 18.7. The van der Waals surface area contributed by atoms with E-state index in [1.807, 2.05) is 6.92 Å². The van der Waals surface area contributed by atoms with Crippen molar-refractivity contribution in [3.8, 4) is 0 Å². The zero-order valence-corrected chi connectivity index (χ0v) is 20.7. The van der Waals surface area contributed by atoms with Gasteiger partial charge < -0.3 is 9.47 Å². The van der Waals surface area contributed by atoms with Crippen LogP contribution >= 0.6 is 0 Å². The van der Waals surface area contributed by atoms with Crippen LogP contribution in [0.5, 0.6) is 0 Å². The number of esters is 2. The van der Waals surface area contributed by atoms with Gasteiger partial charge in [0.2, 0.25) is 0 Å². The predicted molar refractivity (Wildman–Crippen MR) is 125 cm³/mol. The summed E-state index contributed by atoms with van der Waals surface area (Å²) in [5.41, 5.74) is -0.570. The van der Waals surface area contributed by atoms with Gasteiger partial charge in [-0.2, -0.15) is 0 Å². The minimum atomic E-state index is -0.570. The molecule has 0 radical (unpaired) electrons. The van der Waals surface area contributed by atoms with Crippen LogP contribution in [0.2, 0.25) is 0 Å². The zero-order chi connectivity index (χ0) is 22.7. The highest BCUT2D eigenvalue weighted by atomic mass is 16.5. The highest BCUT2D eigenvalue weighted by molar-refractivity contribution is 5.79. The molecule has 0 fully saturated rings. The molecule has 0 rings (SSSR count). The maximum atomic E-state index is 13.1. The first-order valence-corrected chi connectivity index (χ1v) is 12.8. The molecular formula is C26H50O4. The van der Waals surface area contributed by atoms with E-state index < -0.39 is 5.41 Å². The molecule has 0 saturated heterocycles. The van der Waals surface area contributed by atoms with Crippen LogP contribution in [0.4, 0.5) is 0 Å². The van der Waals surface area contributed by atoms with E-state index in [2.05, 4.69) is 27.7 Å². The summed E-state index contributed by atoms with van der Waals surface area (Å²) in [7, 11) is 0. The van der Waals surface area contributed by atoms with E-state index in [0.29, 0.717) is 26.1 Å². The van der Waals surface area contributed by atoms with Crippen LogP contribution in [0.25, 0.3) is 0 Å². The lowest BCUT2D eigenvalue weighted by molar-refractivity contribution is -0.160. The number of rotatable bonds is 20. The van der Waals surface area contributed by atoms with Crippen LogP contribution < -0.4 is 0 Å². The molecule has 0 saturated carbocycles. The van der Waals surface area contributed by atoms with Crippen LogP contribution in [-0.4, -0.2) is 25.2 Å². The quantitative estimate of drug-likeness (QED) is 0.148. The van der Waals surface area contributed by atoms with Crippen molar-refractivity contribution in [1.29, 1.82) is 0 Å². The number of hydrogen-bond donors (Lipinski definition) is 0. The summed E-state index contributed by atoms with van der Waals surface area (Å²) in [6.07, 6.45) is 15.3. The normalized spacial score (nSPS) is 14.2. The van der Waals surface area contributed by atoms with Gasteiger partial charge in [0.25, 0.3) is 0 Å². The van der Waals surface area contributed by atoms with Gasteiger partial charge >= 0.3 is 11.9 Å². The van der Waals surface area contributed by atoms with Crippen molar-refractivity contribution in [1.82, 2.24) is 0 Å². The van der Waals surface area contributed by atoms with E-state index in [4.69, 9.17) is 9.47 Å². The molecule has 0 heterocycles. The van der Waals surface area contributed by atoms with Crippen molar-refractivity contribution in [2.24, 2.45) is 11.3 Å². The van der Waals surface area contributed by atoms with Crippen LogP contribution in [0.3, 0.4) is 0 Å². The minimum Gasteiger partial charge on any atom is -0.465 e. The number of hydrogen-bond acceptors (Lipinski definition) is 4. The fourth-order valence-corrected chi connectivity index (χ4v) is 4.00. The van der Waals surface area contributed by atoms with Gasteiger partial charge in [0, 0.05) is 0 Å². The van der Waals surface area contributed by atoms with E-state index >= 15 is 0 Å². The lowest BCUT2D eigenvalue weighted by Crippen LogP contribution is -2.36. The third-order valence-corrected chi connectivity index (χ3v) is 6.19. The summed E-state index contributed by atoms with van der Waals surface area (Å²) in [6, 6.07) is 0. The topological polar surface area (TPSA) is 52.6 Å². The molecule has 30 heavy (non-hydrogen) atoms. The molecule has 0 aromatic rings. The highest BCUT2D eigenvalue weighted by Crippen LogP contribution is 2.38. The number of carbonyl (C=O) groups is 2. The van der Waals surface area contributed by atoms with Crippen molar-refractivity contribution in [3.63, 3.8) is 0 Å². The predicted octanol–water partition coefficient (Wildman–Crippen LogP) is 7.63. The summed E-state index contributed by atoms with van der Waals surface area (Å²) in [5.74, 6) is -0.568. The second-order valence-electron chi connectivity index (χ2n) is 8.97. The molecule has 0 N–H and O–H groups in total. The van der Waals surface area contributed by atoms with Crippen molar-refractivity contribution in [3.05, 3.63) is 0 Å². The lowest BCUT2D eigenvalue weighted by Gasteiger charge is -2.32. The Labute approximate surface area is 186 Å². The van der Waals surface area contributed by atoms with Crippen molar-refractivity contribution in [2.45, 2.75) is 131 Å². The molecule has 2 atom stereocenters. The number of carbonyl (C=O) groups excluding carboxylic acids is 2. The first kappa shape index (κ1) is 28.9. The van der Waals surface area contributed by atoms with Crippen LogP contribution in [0, 0.1) is 11.3 Å². The second-order valence-corrected chi connectivity index (χ2v) is 8.97. The largest absolute Gasteiger partial charge is 0.465 e. The average Bonchev–Trinajstić information content (AvgIpc) is 2.74. The Morgan fingerprint density at radius 1 is 0.700 bits per heavy atom. The molecule has 0 aliphatic carbocycles. The van der Waals surface area contributed by atoms with E-state index in [1.54, 1.807) is 0 Å². The maximum absolute atomic E-state index is 13.1. The van der Waals surface area contributed by atoms with Gasteiger partial charge in [0.1, 0.15) is 0 Å². The maximum Gasteiger partial charge on any atom is 0.312 e. The smallest absolute Gasteiger partial charge is 0.312 e. The first-order chi connectivity index (χ1) is 14.5. The van der Waals surface area contributed by atoms with Crippen molar-refractivity contribution in [2.75, 3.05) is 13.2 Å². The molecule has 0 aromatic heterocycles.